The Hall–Kier alpha value is -3.22. The van der Waals surface area contributed by atoms with Crippen molar-refractivity contribution in [3.63, 3.8) is 0 Å². The number of likely N-dealkylation sites (N-methyl/N-ethyl adjacent to an activating group) is 1. The van der Waals surface area contributed by atoms with Crippen LogP contribution in [0.25, 0.3) is 10.9 Å². The number of fused-ring (bicyclic) bond motifs is 1. The third-order valence-corrected chi connectivity index (χ3v) is 9.83. The van der Waals surface area contributed by atoms with E-state index in [1.165, 1.54) is 24.1 Å². The highest BCUT2D eigenvalue weighted by Gasteiger charge is 2.42. The lowest BCUT2D eigenvalue weighted by Crippen LogP contribution is -2.58. The summed E-state index contributed by atoms with van der Waals surface area (Å²) in [6.45, 7) is 9.95. The highest BCUT2D eigenvalue weighted by atomic mass is 19.1. The largest absolute Gasteiger partial charge is 0.444 e. The molecule has 1 aromatic heterocycles. The number of halogens is 1. The van der Waals surface area contributed by atoms with Crippen LogP contribution >= 0.6 is 0 Å². The van der Waals surface area contributed by atoms with Gasteiger partial charge in [-0.3, -0.25) is 14.5 Å². The molecule has 2 fully saturated rings. The van der Waals surface area contributed by atoms with Crippen LogP contribution in [0, 0.1) is 11.7 Å². The fraction of sp³-hybridized carbons (Fsp3) is 0.703. The Kier molecular flexibility index (Phi) is 14.3. The van der Waals surface area contributed by atoms with Gasteiger partial charge in [0.1, 0.15) is 23.5 Å². The molecular weight excluding hydrogens is 631 g/mol. The van der Waals surface area contributed by atoms with E-state index in [1.807, 2.05) is 11.1 Å². The van der Waals surface area contributed by atoms with Crippen molar-refractivity contribution in [2.75, 3.05) is 53.7 Å². The third-order valence-electron chi connectivity index (χ3n) is 9.83. The number of hydrogen-bond donors (Lipinski definition) is 2. The standard InChI is InChI=1S/C37H57FN4O7/c1-25(41(5)36(45)49-37(2,3)4)34(43)40-33(26-11-8-7-9-12-26)35(44)42-17-10-13-32(42)29(16-18-47-21-22-48-20-19-46-6)30-24-39-31-23-27(38)14-15-28(30)31/h14-15,23-26,29,32-33,39H,7-13,16-22H2,1-6H3,(H,40,43). The van der Waals surface area contributed by atoms with Crippen LogP contribution in [0.2, 0.25) is 0 Å². The first-order valence-electron chi connectivity index (χ1n) is 17.9. The number of nitrogens with one attached hydrogen (secondary N) is 2. The number of aromatic nitrogens is 1. The average Bonchev–Trinajstić information content (AvgIpc) is 3.72. The van der Waals surface area contributed by atoms with Crippen LogP contribution in [0.5, 0.6) is 0 Å². The maximum Gasteiger partial charge on any atom is 0.410 e. The number of benzene rings is 1. The maximum absolute atomic E-state index is 14.7. The van der Waals surface area contributed by atoms with Gasteiger partial charge >= 0.3 is 6.09 Å². The summed E-state index contributed by atoms with van der Waals surface area (Å²) in [5.41, 5.74) is 1.02. The minimum Gasteiger partial charge on any atom is -0.444 e. The molecule has 1 aliphatic carbocycles. The van der Waals surface area contributed by atoms with Crippen LogP contribution in [-0.4, -0.2) is 110 Å². The van der Waals surface area contributed by atoms with Gasteiger partial charge in [0.05, 0.1) is 26.4 Å². The quantitative estimate of drug-likeness (QED) is 0.215. The van der Waals surface area contributed by atoms with E-state index in [2.05, 4.69) is 10.3 Å². The van der Waals surface area contributed by atoms with Crippen molar-refractivity contribution in [3.8, 4) is 0 Å². The molecule has 1 aliphatic heterocycles. The molecule has 11 nitrogen and oxygen atoms in total. The molecule has 0 radical (unpaired) electrons. The SMILES string of the molecule is COCCOCCOCCC(c1c[nH]c2cc(F)ccc12)C1CCCN1C(=O)C(NC(=O)C(C)N(C)C(=O)OC(C)(C)C)C1CCCCC1. The molecule has 1 aromatic carbocycles. The van der Waals surface area contributed by atoms with Gasteiger partial charge in [-0.05, 0) is 89.5 Å². The van der Waals surface area contributed by atoms with Crippen molar-refractivity contribution in [1.82, 2.24) is 20.1 Å². The topological polar surface area (TPSA) is 122 Å². The van der Waals surface area contributed by atoms with Crippen LogP contribution in [-0.2, 0) is 28.5 Å². The average molecular weight is 689 g/mol. The van der Waals surface area contributed by atoms with Crippen molar-refractivity contribution in [1.29, 1.82) is 0 Å². The zero-order chi connectivity index (χ0) is 35.6. The van der Waals surface area contributed by atoms with E-state index in [4.69, 9.17) is 18.9 Å². The number of likely N-dealkylation sites (tertiary alicyclic amines) is 1. The molecule has 1 saturated carbocycles. The molecule has 49 heavy (non-hydrogen) atoms. The van der Waals surface area contributed by atoms with Crippen LogP contribution in [0.4, 0.5) is 9.18 Å². The molecule has 4 rings (SSSR count). The number of carbonyl (C=O) groups excluding carboxylic acids is 3. The van der Waals surface area contributed by atoms with Gasteiger partial charge < -0.3 is 34.1 Å². The van der Waals surface area contributed by atoms with Crippen LogP contribution in [0.3, 0.4) is 0 Å². The van der Waals surface area contributed by atoms with E-state index in [0.717, 1.165) is 55.9 Å². The minimum atomic E-state index is -0.835. The summed E-state index contributed by atoms with van der Waals surface area (Å²) in [7, 11) is 3.17. The van der Waals surface area contributed by atoms with Crippen molar-refractivity contribution in [2.24, 2.45) is 5.92 Å². The van der Waals surface area contributed by atoms with Crippen molar-refractivity contribution in [2.45, 2.75) is 109 Å². The monoisotopic (exact) mass is 688 g/mol. The first-order chi connectivity index (χ1) is 23.4. The molecule has 0 bridgehead atoms. The molecule has 2 heterocycles. The minimum absolute atomic E-state index is 0.00133. The van der Waals surface area contributed by atoms with Gasteiger partial charge in [-0.15, -0.1) is 0 Å². The smallest absolute Gasteiger partial charge is 0.410 e. The number of rotatable bonds is 16. The summed E-state index contributed by atoms with van der Waals surface area (Å²) in [5.74, 6) is -0.867. The zero-order valence-electron chi connectivity index (χ0n) is 30.2. The molecule has 0 spiro atoms. The van der Waals surface area contributed by atoms with Crippen molar-refractivity contribution >= 4 is 28.8 Å². The molecule has 2 N–H and O–H groups in total. The highest BCUT2D eigenvalue weighted by molar-refractivity contribution is 5.92. The van der Waals surface area contributed by atoms with Crippen LogP contribution in [0.15, 0.2) is 24.4 Å². The summed E-state index contributed by atoms with van der Waals surface area (Å²) in [6.07, 6.45) is 8.43. The molecule has 4 atom stereocenters. The number of ether oxygens (including phenoxy) is 4. The van der Waals surface area contributed by atoms with E-state index in [9.17, 15) is 18.8 Å². The Morgan fingerprint density at radius 3 is 2.41 bits per heavy atom. The van der Waals surface area contributed by atoms with Gasteiger partial charge in [0.25, 0.3) is 0 Å². The summed E-state index contributed by atoms with van der Waals surface area (Å²) in [6, 6.07) is 3.07. The second-order valence-electron chi connectivity index (χ2n) is 14.4. The van der Waals surface area contributed by atoms with Crippen LogP contribution < -0.4 is 5.32 Å². The number of methoxy groups -OCH3 is 1. The number of hydrogen-bond acceptors (Lipinski definition) is 7. The lowest BCUT2D eigenvalue weighted by atomic mass is 9.82. The summed E-state index contributed by atoms with van der Waals surface area (Å²) in [4.78, 5) is 47.6. The van der Waals surface area contributed by atoms with Gasteiger partial charge in [-0.25, -0.2) is 9.18 Å². The first kappa shape index (κ1) is 38.6. The molecule has 4 unspecified atom stereocenters. The lowest BCUT2D eigenvalue weighted by Gasteiger charge is -2.38. The van der Waals surface area contributed by atoms with E-state index < -0.39 is 23.8 Å². The number of aromatic amines is 1. The Labute approximate surface area is 290 Å². The normalized spacial score (nSPS) is 19.1. The predicted octanol–water partition coefficient (Wildman–Crippen LogP) is 5.77. The van der Waals surface area contributed by atoms with Gasteiger partial charge in [-0.2, -0.15) is 0 Å². The fourth-order valence-corrected chi connectivity index (χ4v) is 7.11. The molecule has 12 heteroatoms. The molecular formula is C37H57FN4O7. The predicted molar refractivity (Wildman–Crippen MR) is 186 cm³/mol. The van der Waals surface area contributed by atoms with E-state index >= 15 is 0 Å². The second-order valence-corrected chi connectivity index (χ2v) is 14.4. The second kappa shape index (κ2) is 18.1. The fourth-order valence-electron chi connectivity index (χ4n) is 7.11. The molecule has 274 valence electrons. The number of H-pyrrole nitrogens is 1. The van der Waals surface area contributed by atoms with E-state index in [-0.39, 0.29) is 35.5 Å². The molecule has 2 aliphatic rings. The molecule has 1 saturated heterocycles. The van der Waals surface area contributed by atoms with Crippen molar-refractivity contribution < 1.29 is 37.7 Å². The summed E-state index contributed by atoms with van der Waals surface area (Å²) < 4.78 is 36.2. The molecule has 3 amide bonds. The number of nitrogens with zero attached hydrogens (tertiary/aromatic N) is 2. The van der Waals surface area contributed by atoms with Crippen molar-refractivity contribution in [3.05, 3.63) is 35.8 Å². The lowest BCUT2D eigenvalue weighted by molar-refractivity contribution is -0.140. The Bertz CT molecular complexity index is 1370. The first-order valence-corrected chi connectivity index (χ1v) is 17.9. The van der Waals surface area contributed by atoms with Gasteiger partial charge in [0, 0.05) is 56.4 Å². The molecule has 2 aromatic rings. The van der Waals surface area contributed by atoms with E-state index in [1.54, 1.807) is 40.9 Å². The third kappa shape index (κ3) is 10.6. The number of carbonyl (C=O) groups is 3. The Balaban J connectivity index is 1.55. The summed E-state index contributed by atoms with van der Waals surface area (Å²) >= 11 is 0. The van der Waals surface area contributed by atoms with Crippen LogP contribution in [0.1, 0.15) is 90.5 Å². The van der Waals surface area contributed by atoms with E-state index in [0.29, 0.717) is 51.5 Å². The Morgan fingerprint density at radius 1 is 1.02 bits per heavy atom. The maximum atomic E-state index is 14.7. The van der Waals surface area contributed by atoms with Gasteiger partial charge in [-0.1, -0.05) is 19.3 Å². The summed E-state index contributed by atoms with van der Waals surface area (Å²) in [5, 5.41) is 4.02. The highest BCUT2D eigenvalue weighted by Crippen LogP contribution is 2.39. The van der Waals surface area contributed by atoms with Gasteiger partial charge in [0.2, 0.25) is 11.8 Å². The van der Waals surface area contributed by atoms with Gasteiger partial charge in [0.15, 0.2) is 0 Å². The number of amides is 3. The zero-order valence-corrected chi connectivity index (χ0v) is 30.2. The Morgan fingerprint density at radius 2 is 1.71 bits per heavy atom.